The lowest BCUT2D eigenvalue weighted by atomic mass is 11.0. The fourth-order valence-electron chi connectivity index (χ4n) is 0. The van der Waals surface area contributed by atoms with Crippen molar-refractivity contribution in [3.05, 3.63) is 0 Å². The zero-order valence-corrected chi connectivity index (χ0v) is 5.90. The third kappa shape index (κ3) is 664. The van der Waals surface area contributed by atoms with E-state index in [9.17, 15) is 0 Å². The van der Waals surface area contributed by atoms with Crippen LogP contribution in [-0.4, -0.2) is 38.7 Å². The Hall–Kier alpha value is -0.420. The third-order valence-electron chi connectivity index (χ3n) is 0. The molecule has 0 spiro atoms. The Labute approximate surface area is 50.2 Å². The highest BCUT2D eigenvalue weighted by molar-refractivity contribution is 7.59. The van der Waals surface area contributed by atoms with E-state index in [1.165, 1.54) is 0 Å². The predicted molar refractivity (Wildman–Crippen MR) is 29.3 cm³/mol. The number of rotatable bonds is 0. The van der Waals surface area contributed by atoms with Crippen LogP contribution in [0.15, 0.2) is 0 Å². The SMILES string of the molecule is CN(C)C.O=S(=O)=O. The molecule has 0 aromatic carbocycles. The van der Waals surface area contributed by atoms with E-state index in [0.717, 1.165) is 0 Å². The van der Waals surface area contributed by atoms with Crippen molar-refractivity contribution in [3.63, 3.8) is 0 Å². The van der Waals surface area contributed by atoms with Crippen LogP contribution < -0.4 is 0 Å². The first-order valence-corrected chi connectivity index (χ1v) is 2.84. The molecule has 4 nitrogen and oxygen atoms in total. The average Bonchev–Trinajstić information content (AvgIpc) is 1.25. The first-order chi connectivity index (χ1) is 3.46. The van der Waals surface area contributed by atoms with Gasteiger partial charge in [0.25, 0.3) is 0 Å². The van der Waals surface area contributed by atoms with Crippen LogP contribution in [0.5, 0.6) is 0 Å². The van der Waals surface area contributed by atoms with Crippen LogP contribution in [0.25, 0.3) is 0 Å². The van der Waals surface area contributed by atoms with E-state index in [4.69, 9.17) is 12.6 Å². The molecule has 0 aliphatic rings. The van der Waals surface area contributed by atoms with E-state index in [0.29, 0.717) is 0 Å². The lowest BCUT2D eigenvalue weighted by Gasteiger charge is -1.90. The van der Waals surface area contributed by atoms with Gasteiger partial charge in [0.15, 0.2) is 0 Å². The molecule has 0 aliphatic heterocycles. The van der Waals surface area contributed by atoms with Gasteiger partial charge in [-0.1, -0.05) is 0 Å². The minimum atomic E-state index is -3.11. The normalized spacial score (nSPS) is 7.50. The van der Waals surface area contributed by atoms with E-state index in [2.05, 4.69) is 0 Å². The summed E-state index contributed by atoms with van der Waals surface area (Å²) in [7, 11) is 2.89. The lowest BCUT2D eigenvalue weighted by Crippen LogP contribution is -1.99. The molecule has 0 aromatic rings. The Kier molecular flexibility index (Phi) is 8.67. The summed E-state index contributed by atoms with van der Waals surface area (Å²) in [5.74, 6) is 0. The Morgan fingerprint density at radius 1 is 1.00 bits per heavy atom. The summed E-state index contributed by atoms with van der Waals surface area (Å²) >= 11 is 0. The van der Waals surface area contributed by atoms with Crippen LogP contribution in [0.3, 0.4) is 0 Å². The maximum Gasteiger partial charge on any atom is 0.425 e. The van der Waals surface area contributed by atoms with Crippen LogP contribution in [0.2, 0.25) is 0 Å². The van der Waals surface area contributed by atoms with Gasteiger partial charge in [0.05, 0.1) is 0 Å². The fraction of sp³-hybridized carbons (Fsp3) is 1.00. The molecule has 0 radical (unpaired) electrons. The second-order valence-electron chi connectivity index (χ2n) is 1.55. The van der Waals surface area contributed by atoms with E-state index >= 15 is 0 Å². The molecule has 0 aromatic heterocycles. The van der Waals surface area contributed by atoms with Gasteiger partial charge in [-0.15, -0.1) is 12.6 Å². The van der Waals surface area contributed by atoms with Gasteiger partial charge in [0.1, 0.15) is 0 Å². The number of hydrogen-bond acceptors (Lipinski definition) is 4. The zero-order valence-electron chi connectivity index (χ0n) is 5.08. The molecule has 0 saturated heterocycles. The van der Waals surface area contributed by atoms with E-state index < -0.39 is 10.6 Å². The molecule has 0 unspecified atom stereocenters. The van der Waals surface area contributed by atoms with E-state index in [1.807, 2.05) is 26.0 Å². The topological polar surface area (TPSA) is 54.5 Å². The van der Waals surface area contributed by atoms with E-state index in [-0.39, 0.29) is 0 Å². The fourth-order valence-corrected chi connectivity index (χ4v) is 0. The summed E-state index contributed by atoms with van der Waals surface area (Å²) < 4.78 is 25.3. The minimum absolute atomic E-state index is 2.00. The summed E-state index contributed by atoms with van der Waals surface area (Å²) in [6, 6.07) is 0. The van der Waals surface area contributed by atoms with Crippen molar-refractivity contribution in [2.75, 3.05) is 21.1 Å². The molecule has 0 saturated carbocycles. The second kappa shape index (κ2) is 6.58. The van der Waals surface area contributed by atoms with Crippen molar-refractivity contribution in [2.24, 2.45) is 0 Å². The van der Waals surface area contributed by atoms with Gasteiger partial charge in [-0.25, -0.2) is 0 Å². The van der Waals surface area contributed by atoms with Crippen LogP contribution >= 0.6 is 0 Å². The highest BCUT2D eigenvalue weighted by Gasteiger charge is 1.58. The molecule has 0 atom stereocenters. The van der Waals surface area contributed by atoms with Gasteiger partial charge in [-0.2, -0.15) is 0 Å². The van der Waals surface area contributed by atoms with Crippen molar-refractivity contribution < 1.29 is 12.6 Å². The summed E-state index contributed by atoms with van der Waals surface area (Å²) in [4.78, 5) is 2.00. The molecular formula is C3H9NO3S. The molecule has 0 N–H and O–H groups in total. The Bertz CT molecular complexity index is 112. The lowest BCUT2D eigenvalue weighted by molar-refractivity contribution is 0.505. The molecule has 0 bridgehead atoms. The molecule has 0 rings (SSSR count). The van der Waals surface area contributed by atoms with E-state index in [1.54, 1.807) is 0 Å². The highest BCUT2D eigenvalue weighted by Crippen LogP contribution is 1.47. The van der Waals surface area contributed by atoms with Gasteiger partial charge in [0, 0.05) is 0 Å². The Morgan fingerprint density at radius 3 is 1.00 bits per heavy atom. The standard InChI is InChI=1S/C3H9N.O3S/c2*1-4(2)3/h1-3H3;. The van der Waals surface area contributed by atoms with Gasteiger partial charge in [0.2, 0.25) is 0 Å². The smallest absolute Gasteiger partial charge is 0.312 e. The molecule has 0 aliphatic carbocycles. The molecule has 0 heterocycles. The Balaban J connectivity index is 0. The first kappa shape index (κ1) is 10.5. The molecule has 0 amide bonds. The maximum atomic E-state index is 8.44. The van der Waals surface area contributed by atoms with Crippen molar-refractivity contribution >= 4 is 10.6 Å². The van der Waals surface area contributed by atoms with Crippen LogP contribution in [0.4, 0.5) is 0 Å². The van der Waals surface area contributed by atoms with Gasteiger partial charge < -0.3 is 4.90 Å². The largest absolute Gasteiger partial charge is 0.425 e. The minimum Gasteiger partial charge on any atom is -0.312 e. The number of hydrogen-bond donors (Lipinski definition) is 0. The highest BCUT2D eigenvalue weighted by atomic mass is 32.2. The van der Waals surface area contributed by atoms with Gasteiger partial charge >= 0.3 is 10.6 Å². The van der Waals surface area contributed by atoms with Crippen LogP contribution in [0, 0.1) is 0 Å². The zero-order chi connectivity index (χ0) is 7.15. The van der Waals surface area contributed by atoms with Crippen LogP contribution in [-0.2, 0) is 10.6 Å². The molecule has 8 heavy (non-hydrogen) atoms. The average molecular weight is 139 g/mol. The molecule has 5 heteroatoms. The third-order valence-corrected chi connectivity index (χ3v) is 0. The summed E-state index contributed by atoms with van der Waals surface area (Å²) in [6.07, 6.45) is 0. The summed E-state index contributed by atoms with van der Waals surface area (Å²) in [5.41, 5.74) is 0. The summed E-state index contributed by atoms with van der Waals surface area (Å²) in [5, 5.41) is 0. The molecule has 50 valence electrons. The summed E-state index contributed by atoms with van der Waals surface area (Å²) in [6.45, 7) is 0. The van der Waals surface area contributed by atoms with Gasteiger partial charge in [-0.3, -0.25) is 0 Å². The molecular weight excluding hydrogens is 130 g/mol. The quantitative estimate of drug-likeness (QED) is 0.439. The maximum absolute atomic E-state index is 8.44. The van der Waals surface area contributed by atoms with Crippen molar-refractivity contribution in [1.29, 1.82) is 0 Å². The van der Waals surface area contributed by atoms with Crippen LogP contribution in [0.1, 0.15) is 0 Å². The van der Waals surface area contributed by atoms with Crippen molar-refractivity contribution in [2.45, 2.75) is 0 Å². The predicted octanol–water partition coefficient (Wildman–Crippen LogP) is -0.826. The van der Waals surface area contributed by atoms with Crippen molar-refractivity contribution in [3.8, 4) is 0 Å². The number of nitrogens with zero attached hydrogens (tertiary/aromatic N) is 1. The first-order valence-electron chi connectivity index (χ1n) is 1.84. The van der Waals surface area contributed by atoms with Gasteiger partial charge in [-0.05, 0) is 21.1 Å². The molecule has 0 fully saturated rings. The second-order valence-corrected chi connectivity index (χ2v) is 1.95. The van der Waals surface area contributed by atoms with Crippen molar-refractivity contribution in [1.82, 2.24) is 4.90 Å². The Morgan fingerprint density at radius 2 is 1.00 bits per heavy atom. The monoisotopic (exact) mass is 139 g/mol.